The molecule has 0 saturated heterocycles. The Morgan fingerprint density at radius 1 is 1.32 bits per heavy atom. The van der Waals surface area contributed by atoms with E-state index in [2.05, 4.69) is 10.4 Å². The molecule has 118 valence electrons. The van der Waals surface area contributed by atoms with Crippen LogP contribution in [0.5, 0.6) is 0 Å². The summed E-state index contributed by atoms with van der Waals surface area (Å²) in [5.74, 6) is 0.799. The molecule has 0 radical (unpaired) electrons. The molecule has 0 amide bonds. The van der Waals surface area contributed by atoms with Gasteiger partial charge in [0, 0.05) is 17.1 Å². The Labute approximate surface area is 131 Å². The molecule has 0 fully saturated rings. The lowest BCUT2D eigenvalue weighted by Gasteiger charge is -2.15. The van der Waals surface area contributed by atoms with Crippen LogP contribution in [0.25, 0.3) is 5.69 Å². The first kappa shape index (κ1) is 15.2. The summed E-state index contributed by atoms with van der Waals surface area (Å²) in [5.41, 5.74) is 1.05. The van der Waals surface area contributed by atoms with Crippen LogP contribution in [-0.4, -0.2) is 16.3 Å². The number of hydrogen-bond donors (Lipinski definition) is 1. The van der Waals surface area contributed by atoms with Gasteiger partial charge in [0.15, 0.2) is 0 Å². The second kappa shape index (κ2) is 5.19. The molecule has 0 spiro atoms. The predicted molar refractivity (Wildman–Crippen MR) is 79.9 cm³/mol. The Morgan fingerprint density at radius 3 is 2.68 bits per heavy atom. The lowest BCUT2D eigenvalue weighted by molar-refractivity contribution is -0.137. The minimum absolute atomic E-state index is 0.00514. The molecule has 1 aliphatic rings. The van der Waals surface area contributed by atoms with E-state index in [0.717, 1.165) is 23.7 Å². The summed E-state index contributed by atoms with van der Waals surface area (Å²) in [7, 11) is 0. The monoisotopic (exact) mass is 329 g/mol. The summed E-state index contributed by atoms with van der Waals surface area (Å²) < 4.78 is 41.3. The Morgan fingerprint density at radius 2 is 2.05 bits per heavy atom. The molecule has 1 N–H and O–H groups in total. The highest BCUT2D eigenvalue weighted by Crippen LogP contribution is 2.39. The van der Waals surface area contributed by atoms with Crippen LogP contribution < -0.4 is 5.32 Å². The number of rotatable bonds is 2. The molecule has 1 aliphatic heterocycles. The number of anilines is 1. The Bertz CT molecular complexity index is 720. The number of halogens is 4. The molecule has 1 aromatic heterocycles. The van der Waals surface area contributed by atoms with Crippen LogP contribution in [0, 0.1) is 0 Å². The Kier molecular flexibility index (Phi) is 3.59. The zero-order valence-corrected chi connectivity index (χ0v) is 12.9. The van der Waals surface area contributed by atoms with Crippen LogP contribution in [0.1, 0.15) is 36.6 Å². The molecule has 0 saturated carbocycles. The maximum atomic E-state index is 13.3. The third-order valence-electron chi connectivity index (χ3n) is 3.72. The molecule has 2 heterocycles. The van der Waals surface area contributed by atoms with Gasteiger partial charge in [0.05, 0.1) is 16.9 Å². The largest absolute Gasteiger partial charge is 0.418 e. The van der Waals surface area contributed by atoms with Gasteiger partial charge in [-0.2, -0.15) is 18.3 Å². The van der Waals surface area contributed by atoms with Gasteiger partial charge in [0.2, 0.25) is 0 Å². The topological polar surface area (TPSA) is 29.9 Å². The van der Waals surface area contributed by atoms with Crippen LogP contribution in [0.3, 0.4) is 0 Å². The van der Waals surface area contributed by atoms with Crippen molar-refractivity contribution < 1.29 is 13.2 Å². The van der Waals surface area contributed by atoms with Gasteiger partial charge in [-0.25, -0.2) is 4.68 Å². The molecule has 22 heavy (non-hydrogen) atoms. The van der Waals surface area contributed by atoms with E-state index in [1.54, 1.807) is 0 Å². The van der Waals surface area contributed by atoms with Crippen molar-refractivity contribution in [3.8, 4) is 5.69 Å². The first-order valence-electron chi connectivity index (χ1n) is 7.02. The minimum Gasteiger partial charge on any atom is -0.369 e. The predicted octanol–water partition coefficient (Wildman–Crippen LogP) is 4.64. The van der Waals surface area contributed by atoms with Gasteiger partial charge in [-0.15, -0.1) is 0 Å². The Hall–Kier alpha value is -1.69. The zero-order chi connectivity index (χ0) is 16.1. The number of alkyl halides is 3. The maximum Gasteiger partial charge on any atom is 0.418 e. The van der Waals surface area contributed by atoms with Crippen molar-refractivity contribution in [2.45, 2.75) is 32.4 Å². The average Bonchev–Trinajstić information content (AvgIpc) is 2.99. The Balaban J connectivity index is 2.23. The van der Waals surface area contributed by atoms with E-state index in [4.69, 9.17) is 11.6 Å². The zero-order valence-electron chi connectivity index (χ0n) is 12.1. The van der Waals surface area contributed by atoms with Gasteiger partial charge in [-0.05, 0) is 30.5 Å². The van der Waals surface area contributed by atoms with Crippen LogP contribution >= 0.6 is 11.6 Å². The number of fused-ring (bicyclic) bond motifs is 1. The van der Waals surface area contributed by atoms with E-state index < -0.39 is 11.7 Å². The smallest absolute Gasteiger partial charge is 0.369 e. The van der Waals surface area contributed by atoms with Gasteiger partial charge in [0.1, 0.15) is 5.82 Å². The van der Waals surface area contributed by atoms with E-state index in [9.17, 15) is 13.2 Å². The fourth-order valence-corrected chi connectivity index (χ4v) is 2.93. The van der Waals surface area contributed by atoms with Crippen LogP contribution in [0.4, 0.5) is 19.0 Å². The fourth-order valence-electron chi connectivity index (χ4n) is 2.76. The minimum atomic E-state index is -4.49. The second-order valence-corrected chi connectivity index (χ2v) is 6.05. The first-order chi connectivity index (χ1) is 10.3. The third-order valence-corrected chi connectivity index (χ3v) is 3.96. The van der Waals surface area contributed by atoms with Crippen molar-refractivity contribution in [2.24, 2.45) is 0 Å². The molecule has 0 aliphatic carbocycles. The molecule has 0 bridgehead atoms. The molecule has 1 aromatic carbocycles. The van der Waals surface area contributed by atoms with E-state index >= 15 is 0 Å². The van der Waals surface area contributed by atoms with Gasteiger partial charge in [-0.3, -0.25) is 0 Å². The lowest BCUT2D eigenvalue weighted by atomic mass is 10.1. The normalized spacial score (nSPS) is 14.3. The quantitative estimate of drug-likeness (QED) is 0.870. The molecule has 7 heteroatoms. The molecule has 2 aromatic rings. The van der Waals surface area contributed by atoms with Crippen molar-refractivity contribution in [2.75, 3.05) is 11.9 Å². The van der Waals surface area contributed by atoms with E-state index in [-0.39, 0.29) is 16.6 Å². The van der Waals surface area contributed by atoms with E-state index in [1.807, 2.05) is 13.8 Å². The highest BCUT2D eigenvalue weighted by Gasteiger charge is 2.36. The van der Waals surface area contributed by atoms with Crippen molar-refractivity contribution >= 4 is 17.4 Å². The average molecular weight is 330 g/mol. The number of nitrogens with one attached hydrogen (secondary N) is 1. The number of hydrogen-bond acceptors (Lipinski definition) is 2. The molecular formula is C15H15ClF3N3. The van der Waals surface area contributed by atoms with Crippen LogP contribution in [-0.2, 0) is 12.6 Å². The lowest BCUT2D eigenvalue weighted by Crippen LogP contribution is -2.13. The van der Waals surface area contributed by atoms with Gasteiger partial charge in [-0.1, -0.05) is 25.4 Å². The van der Waals surface area contributed by atoms with Crippen molar-refractivity contribution in [3.05, 3.63) is 40.0 Å². The van der Waals surface area contributed by atoms with Gasteiger partial charge < -0.3 is 5.32 Å². The standard InChI is InChI=1S/C15H15ClF3N3/c1-8(2)13-10-5-6-20-14(10)22(21-13)12-4-3-9(16)7-11(12)15(17,18)19/h3-4,7-8,20H,5-6H2,1-2H3. The maximum absolute atomic E-state index is 13.3. The van der Waals surface area contributed by atoms with Gasteiger partial charge >= 0.3 is 6.18 Å². The van der Waals surface area contributed by atoms with Crippen molar-refractivity contribution in [3.63, 3.8) is 0 Å². The van der Waals surface area contributed by atoms with Crippen molar-refractivity contribution in [1.29, 1.82) is 0 Å². The van der Waals surface area contributed by atoms with Crippen LogP contribution in [0.2, 0.25) is 5.02 Å². The number of nitrogens with zero attached hydrogens (tertiary/aromatic N) is 2. The summed E-state index contributed by atoms with van der Waals surface area (Å²) in [5, 5.41) is 7.61. The molecule has 3 nitrogen and oxygen atoms in total. The van der Waals surface area contributed by atoms with Crippen LogP contribution in [0.15, 0.2) is 18.2 Å². The van der Waals surface area contributed by atoms with E-state index in [1.165, 1.54) is 16.8 Å². The first-order valence-corrected chi connectivity index (χ1v) is 7.39. The highest BCUT2D eigenvalue weighted by molar-refractivity contribution is 6.30. The SMILES string of the molecule is CC(C)c1nn(-c2ccc(Cl)cc2C(F)(F)F)c2c1CCN2. The van der Waals surface area contributed by atoms with Crippen molar-refractivity contribution in [1.82, 2.24) is 9.78 Å². The molecule has 3 rings (SSSR count). The summed E-state index contributed by atoms with van der Waals surface area (Å²) in [6.07, 6.45) is -3.71. The fraction of sp³-hybridized carbons (Fsp3) is 0.400. The molecular weight excluding hydrogens is 315 g/mol. The second-order valence-electron chi connectivity index (χ2n) is 5.61. The number of aromatic nitrogens is 2. The molecule has 0 atom stereocenters. The summed E-state index contributed by atoms with van der Waals surface area (Å²) >= 11 is 5.74. The summed E-state index contributed by atoms with van der Waals surface area (Å²) in [6.45, 7) is 4.68. The highest BCUT2D eigenvalue weighted by atomic mass is 35.5. The summed E-state index contributed by atoms with van der Waals surface area (Å²) in [4.78, 5) is 0. The summed E-state index contributed by atoms with van der Waals surface area (Å²) in [6, 6.07) is 3.75. The third kappa shape index (κ3) is 2.45. The van der Waals surface area contributed by atoms with E-state index in [0.29, 0.717) is 12.4 Å². The number of benzene rings is 1. The molecule has 0 unspecified atom stereocenters. The van der Waals surface area contributed by atoms with Gasteiger partial charge in [0.25, 0.3) is 0 Å².